The van der Waals surface area contributed by atoms with E-state index in [0.29, 0.717) is 38.0 Å². The van der Waals surface area contributed by atoms with Gasteiger partial charge in [-0.25, -0.2) is 0 Å². The molecule has 0 N–H and O–H groups in total. The molecule has 5 heterocycles. The van der Waals surface area contributed by atoms with Crippen LogP contribution in [0.1, 0.15) is 174 Å². The van der Waals surface area contributed by atoms with Crippen LogP contribution in [0.25, 0.3) is 0 Å². The summed E-state index contributed by atoms with van der Waals surface area (Å²) in [5, 5.41) is -0.190. The molecular formula is C65H114O11Si3. The van der Waals surface area contributed by atoms with Gasteiger partial charge in [0.2, 0.25) is 0 Å². The first-order valence-corrected chi connectivity index (χ1v) is 39.5. The normalized spacial score (nSPS) is 34.8. The maximum atomic E-state index is 14.2. The predicted octanol–water partition coefficient (Wildman–Crippen LogP) is 15.8. The fraction of sp³-hybridized carbons (Fsp3) is 0.815. The zero-order valence-electron chi connectivity index (χ0n) is 53.5. The van der Waals surface area contributed by atoms with Gasteiger partial charge in [-0.1, -0.05) is 135 Å². The van der Waals surface area contributed by atoms with E-state index in [1.54, 1.807) is 12.2 Å². The number of esters is 1. The Balaban J connectivity index is 1.28. The van der Waals surface area contributed by atoms with Gasteiger partial charge in [0.1, 0.15) is 12.2 Å². The summed E-state index contributed by atoms with van der Waals surface area (Å²) in [5.41, 5.74) is 2.12. The molecule has 0 bridgehead atoms. The first kappa shape index (κ1) is 68.0. The molecule has 0 amide bonds. The monoisotopic (exact) mass is 1150 g/mol. The molecule has 5 aliphatic heterocycles. The lowest BCUT2D eigenvalue weighted by Crippen LogP contribution is -2.65. The van der Waals surface area contributed by atoms with Crippen molar-refractivity contribution in [2.75, 3.05) is 0 Å². The zero-order valence-corrected chi connectivity index (χ0v) is 56.5. The highest BCUT2D eigenvalue weighted by Crippen LogP contribution is 2.48. The number of carbonyl (C=O) groups is 2. The van der Waals surface area contributed by atoms with E-state index in [2.05, 4.69) is 163 Å². The molecule has 79 heavy (non-hydrogen) atoms. The van der Waals surface area contributed by atoms with Crippen molar-refractivity contribution in [1.82, 2.24) is 0 Å². The molecule has 18 unspecified atom stereocenters. The van der Waals surface area contributed by atoms with Crippen molar-refractivity contribution in [1.29, 1.82) is 0 Å². The summed E-state index contributed by atoms with van der Waals surface area (Å²) in [6.45, 7) is 62.2. The summed E-state index contributed by atoms with van der Waals surface area (Å²) < 4.78 is 63.1. The maximum absolute atomic E-state index is 14.2. The SMILES string of the molecule is C=CCC(=O)OC1C(CC2OC(CCC3OC(CCC(=O)/C=C/C(O[Si](C)(C)C(C)(C)C)C4OC(CC=C)C(C)C(O[Si](C)(C)C(C)(C)C)C4O[Si](C)(C)C(C)(C)C)CC3=C)CC(C)C2=C)OC2CC(C)C(CCC)OC2C1C. The van der Waals surface area contributed by atoms with Crippen LogP contribution in [0.15, 0.2) is 61.8 Å². The van der Waals surface area contributed by atoms with Gasteiger partial charge in [0.05, 0.1) is 79.7 Å². The fourth-order valence-corrected chi connectivity index (χ4v) is 15.6. The number of hydrogen-bond acceptors (Lipinski definition) is 11. The van der Waals surface area contributed by atoms with Gasteiger partial charge < -0.3 is 41.7 Å². The van der Waals surface area contributed by atoms with Crippen LogP contribution in [0.5, 0.6) is 0 Å². The van der Waals surface area contributed by atoms with Gasteiger partial charge >= 0.3 is 5.97 Å². The Bertz CT molecular complexity index is 2100. The Hall–Kier alpha value is -1.83. The quantitative estimate of drug-likeness (QED) is 0.0398. The summed E-state index contributed by atoms with van der Waals surface area (Å²) in [6.07, 6.45) is 12.3. The molecule has 14 heteroatoms. The van der Waals surface area contributed by atoms with E-state index in [1.807, 2.05) is 12.2 Å². The van der Waals surface area contributed by atoms with Crippen LogP contribution < -0.4 is 0 Å². The molecule has 0 aromatic carbocycles. The summed E-state index contributed by atoms with van der Waals surface area (Å²) in [5.74, 6) is 0.319. The van der Waals surface area contributed by atoms with E-state index in [1.165, 1.54) is 0 Å². The lowest BCUT2D eigenvalue weighted by molar-refractivity contribution is -0.264. The van der Waals surface area contributed by atoms with Gasteiger partial charge in [-0.05, 0) is 135 Å². The van der Waals surface area contributed by atoms with Crippen LogP contribution in [0.2, 0.25) is 54.4 Å². The van der Waals surface area contributed by atoms with E-state index in [0.717, 1.165) is 49.7 Å². The highest BCUT2D eigenvalue weighted by molar-refractivity contribution is 6.75. The molecule has 5 saturated heterocycles. The summed E-state index contributed by atoms with van der Waals surface area (Å²) >= 11 is 0. The first-order valence-electron chi connectivity index (χ1n) is 30.7. The average Bonchev–Trinajstić information content (AvgIpc) is 3.87. The minimum atomic E-state index is -2.44. The van der Waals surface area contributed by atoms with Gasteiger partial charge in [-0.2, -0.15) is 0 Å². The Morgan fingerprint density at radius 1 is 0.671 bits per heavy atom. The standard InChI is InChI=1S/C65H114O11Si3/c1-25-28-50-43(6)39-55-58(71-50)46(9)59(73-57(67)30-27-3)56(70-55)40-54-44(7)41(4)37-49(69-54)34-36-51-42(5)38-48(68-51)33-31-47(66)32-35-53(74-77(19,20)63(10,11)12)61-62(76-79(23,24)65(16,17)18)60(45(8)52(72-61)29-26-2)75-78(21,22)64(13,14)15/h26-27,32,35,41,43,45-46,48-56,58-62H,2-3,5,7,25,28-31,33-34,36-40H2,1,4,6,8-24H3/b35-32+. The molecule has 452 valence electrons. The van der Waals surface area contributed by atoms with Gasteiger partial charge in [0.25, 0.3) is 0 Å². The molecule has 5 aliphatic rings. The van der Waals surface area contributed by atoms with Gasteiger partial charge in [-0.3, -0.25) is 9.59 Å². The third kappa shape index (κ3) is 17.2. The van der Waals surface area contributed by atoms with Crippen molar-refractivity contribution in [2.24, 2.45) is 23.7 Å². The lowest BCUT2D eigenvalue weighted by Gasteiger charge is -2.54. The van der Waals surface area contributed by atoms with E-state index in [9.17, 15) is 9.59 Å². The third-order valence-electron chi connectivity index (χ3n) is 20.1. The summed E-state index contributed by atoms with van der Waals surface area (Å²) in [4.78, 5) is 27.2. The second kappa shape index (κ2) is 27.5. The number of carbonyl (C=O) groups excluding carboxylic acids is 2. The average molecular weight is 1160 g/mol. The summed E-state index contributed by atoms with van der Waals surface area (Å²) in [7, 11) is -7.15. The molecule has 5 rings (SSSR count). The molecule has 0 radical (unpaired) electrons. The minimum absolute atomic E-state index is 0.0123. The Morgan fingerprint density at radius 3 is 1.86 bits per heavy atom. The van der Waals surface area contributed by atoms with Crippen molar-refractivity contribution in [2.45, 2.75) is 314 Å². The Kier molecular flexibility index (Phi) is 23.6. The number of ketones is 1. The molecule has 5 fully saturated rings. The molecule has 0 spiro atoms. The molecular weight excluding hydrogens is 1040 g/mol. The van der Waals surface area contributed by atoms with Crippen molar-refractivity contribution < 1.29 is 51.3 Å². The van der Waals surface area contributed by atoms with Gasteiger partial charge in [0.15, 0.2) is 30.7 Å². The predicted molar refractivity (Wildman–Crippen MR) is 330 cm³/mol. The number of ether oxygens (including phenoxy) is 6. The highest BCUT2D eigenvalue weighted by atomic mass is 28.4. The Morgan fingerprint density at radius 2 is 1.28 bits per heavy atom. The van der Waals surface area contributed by atoms with Crippen molar-refractivity contribution >= 4 is 36.7 Å². The van der Waals surface area contributed by atoms with E-state index in [-0.39, 0.29) is 112 Å². The van der Waals surface area contributed by atoms with Crippen LogP contribution in [0.3, 0.4) is 0 Å². The van der Waals surface area contributed by atoms with Crippen LogP contribution in [0.4, 0.5) is 0 Å². The van der Waals surface area contributed by atoms with E-state index in [4.69, 9.17) is 41.7 Å². The zero-order chi connectivity index (χ0) is 59.4. The van der Waals surface area contributed by atoms with E-state index < -0.39 is 49.4 Å². The van der Waals surface area contributed by atoms with Crippen LogP contribution in [0, 0.1) is 23.7 Å². The molecule has 0 aromatic heterocycles. The van der Waals surface area contributed by atoms with Gasteiger partial charge in [0, 0.05) is 24.7 Å². The first-order chi connectivity index (χ1) is 36.4. The minimum Gasteiger partial charge on any atom is -0.459 e. The van der Waals surface area contributed by atoms with Crippen LogP contribution >= 0.6 is 0 Å². The molecule has 0 saturated carbocycles. The molecule has 11 nitrogen and oxygen atoms in total. The number of rotatable bonds is 24. The second-order valence-electron chi connectivity index (χ2n) is 29.5. The maximum Gasteiger partial charge on any atom is 0.309 e. The second-order valence-corrected chi connectivity index (χ2v) is 43.7. The molecule has 0 aromatic rings. The van der Waals surface area contributed by atoms with Crippen molar-refractivity contribution in [3.8, 4) is 0 Å². The lowest BCUT2D eigenvalue weighted by atomic mass is 9.78. The number of fused-ring (bicyclic) bond motifs is 1. The largest absolute Gasteiger partial charge is 0.459 e. The summed E-state index contributed by atoms with van der Waals surface area (Å²) in [6, 6.07) is 0. The van der Waals surface area contributed by atoms with Crippen molar-refractivity contribution in [3.05, 3.63) is 61.8 Å². The Labute approximate surface area is 484 Å². The highest BCUT2D eigenvalue weighted by Gasteiger charge is 2.56. The number of hydrogen-bond donors (Lipinski definition) is 0. The molecule has 18 atom stereocenters. The molecule has 0 aliphatic carbocycles. The van der Waals surface area contributed by atoms with Gasteiger partial charge in [-0.15, -0.1) is 13.2 Å². The number of allylic oxidation sites excluding steroid dienone is 1. The van der Waals surface area contributed by atoms with Crippen molar-refractivity contribution in [3.63, 3.8) is 0 Å². The fourth-order valence-electron chi connectivity index (χ4n) is 11.7. The topological polar surface area (TPSA) is 117 Å². The third-order valence-corrected chi connectivity index (χ3v) is 33.5. The van der Waals surface area contributed by atoms with E-state index >= 15 is 0 Å². The smallest absolute Gasteiger partial charge is 0.309 e. The van der Waals surface area contributed by atoms with Crippen LogP contribution in [-0.2, 0) is 51.3 Å². The van der Waals surface area contributed by atoms with Crippen LogP contribution in [-0.4, -0.2) is 122 Å².